The first kappa shape index (κ1) is 22.9. The minimum atomic E-state index is 0. The highest BCUT2D eigenvalue weighted by atomic mass is 127. The predicted octanol–water partition coefficient (Wildman–Crippen LogP) is 3.96. The van der Waals surface area contributed by atoms with Crippen molar-refractivity contribution in [3.8, 4) is 0 Å². The second-order valence-corrected chi connectivity index (χ2v) is 8.96. The van der Waals surface area contributed by atoms with E-state index in [0.29, 0.717) is 6.04 Å². The number of piperidine rings is 1. The standard InChI is InChI=1S/C20H35N5S.HI/c1-3-21-20(22-12-11-19-23-14-16(2)26-19)24-17-8-7-13-25(15-17)18-9-5-4-6-10-18;/h14,17-18H,3-13,15H2,1-2H3,(H2,21,22,24);1H. The van der Waals surface area contributed by atoms with Crippen molar-refractivity contribution in [1.29, 1.82) is 0 Å². The maximum atomic E-state index is 4.79. The van der Waals surface area contributed by atoms with E-state index in [1.165, 1.54) is 67.9 Å². The normalized spacial score (nSPS) is 22.3. The van der Waals surface area contributed by atoms with Crippen LogP contribution in [-0.4, -0.2) is 54.1 Å². The molecule has 0 aromatic carbocycles. The summed E-state index contributed by atoms with van der Waals surface area (Å²) in [7, 11) is 0. The van der Waals surface area contributed by atoms with Crippen LogP contribution >= 0.6 is 35.3 Å². The molecule has 7 heteroatoms. The van der Waals surface area contributed by atoms with Gasteiger partial charge < -0.3 is 10.6 Å². The van der Waals surface area contributed by atoms with Gasteiger partial charge in [-0.3, -0.25) is 9.89 Å². The summed E-state index contributed by atoms with van der Waals surface area (Å²) in [6.45, 7) is 8.39. The van der Waals surface area contributed by atoms with E-state index in [0.717, 1.165) is 31.5 Å². The fourth-order valence-corrected chi connectivity index (χ4v) is 4.97. The molecule has 0 radical (unpaired) electrons. The highest BCUT2D eigenvalue weighted by Crippen LogP contribution is 2.25. The third-order valence-corrected chi connectivity index (χ3v) is 6.47. The SMILES string of the molecule is CCNC(=NCCc1ncc(C)s1)NC1CCCN(C2CCCCC2)C1.I. The lowest BCUT2D eigenvalue weighted by atomic mass is 9.92. The quantitative estimate of drug-likeness (QED) is 0.349. The van der Waals surface area contributed by atoms with E-state index < -0.39 is 0 Å². The summed E-state index contributed by atoms with van der Waals surface area (Å²) in [6, 6.07) is 1.34. The van der Waals surface area contributed by atoms with Crippen molar-refractivity contribution >= 4 is 41.3 Å². The minimum Gasteiger partial charge on any atom is -0.357 e. The van der Waals surface area contributed by atoms with Crippen LogP contribution < -0.4 is 10.6 Å². The van der Waals surface area contributed by atoms with Crippen LogP contribution in [0.5, 0.6) is 0 Å². The average Bonchev–Trinajstić information content (AvgIpc) is 3.08. The molecule has 5 nitrogen and oxygen atoms in total. The smallest absolute Gasteiger partial charge is 0.191 e. The predicted molar refractivity (Wildman–Crippen MR) is 127 cm³/mol. The van der Waals surface area contributed by atoms with Crippen molar-refractivity contribution in [1.82, 2.24) is 20.5 Å². The highest BCUT2D eigenvalue weighted by Gasteiger charge is 2.27. The molecule has 2 heterocycles. The maximum absolute atomic E-state index is 4.79. The molecule has 1 saturated carbocycles. The summed E-state index contributed by atoms with van der Waals surface area (Å²) in [5.74, 6) is 0.969. The van der Waals surface area contributed by atoms with Gasteiger partial charge in [0.05, 0.1) is 5.01 Å². The molecule has 0 bridgehead atoms. The zero-order chi connectivity index (χ0) is 18.2. The van der Waals surface area contributed by atoms with Gasteiger partial charge in [-0.15, -0.1) is 35.3 Å². The zero-order valence-corrected chi connectivity index (χ0v) is 20.0. The Kier molecular flexibility index (Phi) is 10.3. The Labute approximate surface area is 185 Å². The van der Waals surface area contributed by atoms with Crippen LogP contribution in [0, 0.1) is 6.92 Å². The number of nitrogens with one attached hydrogen (secondary N) is 2. The van der Waals surface area contributed by atoms with E-state index in [-0.39, 0.29) is 24.0 Å². The van der Waals surface area contributed by atoms with Crippen LogP contribution in [0.1, 0.15) is 61.8 Å². The third kappa shape index (κ3) is 7.49. The van der Waals surface area contributed by atoms with Crippen LogP contribution in [0.2, 0.25) is 0 Å². The summed E-state index contributed by atoms with van der Waals surface area (Å²) in [5, 5.41) is 8.30. The number of thiazole rings is 1. The van der Waals surface area contributed by atoms with E-state index in [1.54, 1.807) is 11.3 Å². The maximum Gasteiger partial charge on any atom is 0.191 e. The van der Waals surface area contributed by atoms with Crippen molar-refractivity contribution in [2.45, 2.75) is 77.3 Å². The number of aliphatic imine (C=N–C) groups is 1. The van der Waals surface area contributed by atoms with Crippen molar-refractivity contribution in [3.05, 3.63) is 16.1 Å². The first-order valence-corrected chi connectivity index (χ1v) is 11.3. The Morgan fingerprint density at radius 1 is 1.26 bits per heavy atom. The lowest BCUT2D eigenvalue weighted by Gasteiger charge is -2.40. The van der Waals surface area contributed by atoms with Gasteiger partial charge in [-0.1, -0.05) is 19.3 Å². The average molecular weight is 506 g/mol. The number of hydrogen-bond donors (Lipinski definition) is 2. The van der Waals surface area contributed by atoms with Gasteiger partial charge in [-0.25, -0.2) is 4.98 Å². The topological polar surface area (TPSA) is 52.6 Å². The van der Waals surface area contributed by atoms with Gasteiger partial charge in [0, 0.05) is 49.2 Å². The Bertz CT molecular complexity index is 570. The van der Waals surface area contributed by atoms with E-state index >= 15 is 0 Å². The number of aryl methyl sites for hydroxylation is 1. The molecule has 0 spiro atoms. The second kappa shape index (κ2) is 12.2. The number of nitrogens with zero attached hydrogens (tertiary/aromatic N) is 3. The molecule has 1 aliphatic carbocycles. The second-order valence-electron chi connectivity index (χ2n) is 7.65. The monoisotopic (exact) mass is 505 g/mol. The highest BCUT2D eigenvalue weighted by molar-refractivity contribution is 14.0. The first-order chi connectivity index (χ1) is 12.7. The number of hydrogen-bond acceptors (Lipinski definition) is 4. The van der Waals surface area contributed by atoms with Crippen molar-refractivity contribution in [3.63, 3.8) is 0 Å². The van der Waals surface area contributed by atoms with Gasteiger partial charge >= 0.3 is 0 Å². The van der Waals surface area contributed by atoms with Gasteiger partial charge in [-0.05, 0) is 46.1 Å². The molecular formula is C20H36IN5S. The van der Waals surface area contributed by atoms with Crippen molar-refractivity contribution in [2.75, 3.05) is 26.2 Å². The van der Waals surface area contributed by atoms with E-state index in [2.05, 4.69) is 34.4 Å². The van der Waals surface area contributed by atoms with E-state index in [4.69, 9.17) is 4.99 Å². The van der Waals surface area contributed by atoms with Crippen LogP contribution in [0.15, 0.2) is 11.2 Å². The fraction of sp³-hybridized carbons (Fsp3) is 0.800. The van der Waals surface area contributed by atoms with Gasteiger partial charge in [0.2, 0.25) is 0 Å². The molecule has 2 aliphatic rings. The van der Waals surface area contributed by atoms with Gasteiger partial charge in [0.25, 0.3) is 0 Å². The summed E-state index contributed by atoms with van der Waals surface area (Å²) >= 11 is 1.78. The lowest BCUT2D eigenvalue weighted by Crippen LogP contribution is -2.53. The van der Waals surface area contributed by atoms with Gasteiger partial charge in [0.1, 0.15) is 0 Å². The molecule has 1 saturated heterocycles. The molecule has 1 aliphatic heterocycles. The van der Waals surface area contributed by atoms with Crippen molar-refractivity contribution < 1.29 is 0 Å². The molecule has 2 N–H and O–H groups in total. The largest absolute Gasteiger partial charge is 0.357 e. The summed E-state index contributed by atoms with van der Waals surface area (Å²) in [5.41, 5.74) is 0. The zero-order valence-electron chi connectivity index (χ0n) is 16.9. The fourth-order valence-electron chi connectivity index (χ4n) is 4.20. The van der Waals surface area contributed by atoms with E-state index in [1.807, 2.05) is 6.20 Å². The number of aromatic nitrogens is 1. The lowest BCUT2D eigenvalue weighted by molar-refractivity contribution is 0.115. The van der Waals surface area contributed by atoms with Crippen LogP contribution in [0.3, 0.4) is 0 Å². The Hall–Kier alpha value is -0.410. The summed E-state index contributed by atoms with van der Waals surface area (Å²) in [4.78, 5) is 13.2. The minimum absolute atomic E-state index is 0. The van der Waals surface area contributed by atoms with Crippen LogP contribution in [-0.2, 0) is 6.42 Å². The summed E-state index contributed by atoms with van der Waals surface area (Å²) < 4.78 is 0. The molecule has 1 atom stereocenters. The molecule has 0 amide bonds. The van der Waals surface area contributed by atoms with Crippen molar-refractivity contribution in [2.24, 2.45) is 4.99 Å². The number of guanidine groups is 1. The molecule has 2 fully saturated rings. The Morgan fingerprint density at radius 3 is 2.78 bits per heavy atom. The molecule has 3 rings (SSSR count). The van der Waals surface area contributed by atoms with Crippen LogP contribution in [0.25, 0.3) is 0 Å². The molecule has 154 valence electrons. The third-order valence-electron chi connectivity index (χ3n) is 5.49. The molecule has 27 heavy (non-hydrogen) atoms. The Balaban J connectivity index is 0.00000261. The Morgan fingerprint density at radius 2 is 2.07 bits per heavy atom. The molecule has 1 aromatic rings. The van der Waals surface area contributed by atoms with E-state index in [9.17, 15) is 0 Å². The van der Waals surface area contributed by atoms with Gasteiger partial charge in [-0.2, -0.15) is 0 Å². The molecule has 1 unspecified atom stereocenters. The van der Waals surface area contributed by atoms with Crippen LogP contribution in [0.4, 0.5) is 0 Å². The number of halogens is 1. The molecular weight excluding hydrogens is 469 g/mol. The molecule has 1 aromatic heterocycles. The number of likely N-dealkylation sites (tertiary alicyclic amines) is 1. The number of rotatable bonds is 6. The summed E-state index contributed by atoms with van der Waals surface area (Å²) in [6.07, 6.45) is 12.5. The first-order valence-electron chi connectivity index (χ1n) is 10.4. The van der Waals surface area contributed by atoms with Gasteiger partial charge in [0.15, 0.2) is 5.96 Å².